The van der Waals surface area contributed by atoms with Crippen LogP contribution in [-0.2, 0) is 4.79 Å². The number of esters is 1. The molecule has 1 rings (SSSR count). The molecule has 0 unspecified atom stereocenters. The molecule has 0 radical (unpaired) electrons. The Morgan fingerprint density at radius 1 is 1.36 bits per heavy atom. The standard InChI is InChI=1S/C9H8O4.K.H/c1-6(10)13-8-5-3-2-4-7(8)9(11)12;;/h2-5H,1H3,(H,11,12);;/q;+1;-1. The second-order valence-corrected chi connectivity index (χ2v) is 2.39. The maximum absolute atomic E-state index is 10.6. The maximum Gasteiger partial charge on any atom is 1.00 e. The number of carboxylic acids is 1. The molecule has 0 aliphatic carbocycles. The van der Waals surface area contributed by atoms with Gasteiger partial charge in [0, 0.05) is 6.92 Å². The molecular weight excluding hydrogens is 211 g/mol. The van der Waals surface area contributed by atoms with E-state index in [1.54, 1.807) is 12.1 Å². The van der Waals surface area contributed by atoms with E-state index in [4.69, 9.17) is 5.11 Å². The van der Waals surface area contributed by atoms with Crippen LogP contribution in [-0.4, -0.2) is 17.0 Å². The predicted octanol–water partition coefficient (Wildman–Crippen LogP) is -1.57. The van der Waals surface area contributed by atoms with Crippen LogP contribution in [0.4, 0.5) is 0 Å². The van der Waals surface area contributed by atoms with Crippen molar-refractivity contribution in [1.29, 1.82) is 0 Å². The van der Waals surface area contributed by atoms with Gasteiger partial charge >= 0.3 is 63.3 Å². The minimum atomic E-state index is -1.11. The average Bonchev–Trinajstić information content (AvgIpc) is 2.03. The number of para-hydroxylation sites is 1. The smallest absolute Gasteiger partial charge is 1.00 e. The van der Waals surface area contributed by atoms with Crippen LogP contribution in [0.3, 0.4) is 0 Å². The molecule has 0 heterocycles. The fraction of sp³-hybridized carbons (Fsp3) is 0.111. The molecule has 0 spiro atoms. The van der Waals surface area contributed by atoms with Gasteiger partial charge in [0.15, 0.2) is 0 Å². The van der Waals surface area contributed by atoms with Crippen molar-refractivity contribution in [2.75, 3.05) is 0 Å². The van der Waals surface area contributed by atoms with Crippen LogP contribution in [0.25, 0.3) is 0 Å². The molecular formula is C9H9KO4. The molecule has 0 saturated heterocycles. The van der Waals surface area contributed by atoms with E-state index in [1.807, 2.05) is 0 Å². The monoisotopic (exact) mass is 220 g/mol. The summed E-state index contributed by atoms with van der Waals surface area (Å²) in [5.74, 6) is -1.58. The van der Waals surface area contributed by atoms with E-state index in [-0.39, 0.29) is 64.1 Å². The number of ether oxygens (including phenoxy) is 1. The second kappa shape index (κ2) is 6.31. The first-order valence-electron chi connectivity index (χ1n) is 3.62. The van der Waals surface area contributed by atoms with Crippen molar-refractivity contribution in [3.05, 3.63) is 29.8 Å². The molecule has 14 heavy (non-hydrogen) atoms. The van der Waals surface area contributed by atoms with Crippen molar-refractivity contribution < 1.29 is 72.2 Å². The van der Waals surface area contributed by atoms with Gasteiger partial charge in [-0.15, -0.1) is 0 Å². The number of carbonyl (C=O) groups excluding carboxylic acids is 1. The third-order valence-corrected chi connectivity index (χ3v) is 1.37. The Balaban J connectivity index is 0. The molecule has 0 fully saturated rings. The van der Waals surface area contributed by atoms with Crippen molar-refractivity contribution in [1.82, 2.24) is 0 Å². The molecule has 1 aromatic carbocycles. The molecule has 0 atom stereocenters. The largest absolute Gasteiger partial charge is 1.00 e. The molecule has 1 aromatic rings. The number of rotatable bonds is 2. The summed E-state index contributed by atoms with van der Waals surface area (Å²) in [5, 5.41) is 8.69. The van der Waals surface area contributed by atoms with E-state index in [0.29, 0.717) is 0 Å². The third kappa shape index (κ3) is 3.89. The Hall–Kier alpha value is -0.204. The molecule has 0 bridgehead atoms. The number of carbonyl (C=O) groups is 2. The van der Waals surface area contributed by atoms with Crippen LogP contribution >= 0.6 is 0 Å². The van der Waals surface area contributed by atoms with Gasteiger partial charge in [-0.05, 0) is 12.1 Å². The van der Waals surface area contributed by atoms with Gasteiger partial charge in [-0.3, -0.25) is 4.79 Å². The molecule has 0 aliphatic rings. The molecule has 0 amide bonds. The fourth-order valence-corrected chi connectivity index (χ4v) is 0.887. The minimum absolute atomic E-state index is 0. The van der Waals surface area contributed by atoms with Crippen LogP contribution in [0.2, 0.25) is 0 Å². The zero-order valence-corrected chi connectivity index (χ0v) is 11.1. The summed E-state index contributed by atoms with van der Waals surface area (Å²) in [5.41, 5.74) is -0.0160. The summed E-state index contributed by atoms with van der Waals surface area (Å²) in [6.45, 7) is 1.22. The van der Waals surface area contributed by atoms with Gasteiger partial charge in [-0.2, -0.15) is 0 Å². The first-order valence-corrected chi connectivity index (χ1v) is 3.62. The molecule has 0 aromatic heterocycles. The van der Waals surface area contributed by atoms with Crippen molar-refractivity contribution in [2.45, 2.75) is 6.92 Å². The van der Waals surface area contributed by atoms with E-state index in [1.165, 1.54) is 19.1 Å². The molecule has 1 N–H and O–H groups in total. The summed E-state index contributed by atoms with van der Waals surface area (Å²) in [6.07, 6.45) is 0. The van der Waals surface area contributed by atoms with Gasteiger partial charge < -0.3 is 11.3 Å². The number of hydrogen-bond acceptors (Lipinski definition) is 3. The Kier molecular flexibility index (Phi) is 6.22. The van der Waals surface area contributed by atoms with Crippen molar-refractivity contribution in [2.24, 2.45) is 0 Å². The van der Waals surface area contributed by atoms with Crippen LogP contribution < -0.4 is 56.1 Å². The molecule has 4 nitrogen and oxygen atoms in total. The summed E-state index contributed by atoms with van der Waals surface area (Å²) in [4.78, 5) is 21.2. The van der Waals surface area contributed by atoms with Crippen molar-refractivity contribution >= 4 is 11.9 Å². The molecule has 0 saturated carbocycles. The minimum Gasteiger partial charge on any atom is -1.00 e. The molecule has 70 valence electrons. The third-order valence-electron chi connectivity index (χ3n) is 1.37. The van der Waals surface area contributed by atoms with Gasteiger partial charge in [0.25, 0.3) is 0 Å². The Labute approximate surface area is 125 Å². The van der Waals surface area contributed by atoms with Crippen molar-refractivity contribution in [3.8, 4) is 5.75 Å². The van der Waals surface area contributed by atoms with E-state index < -0.39 is 11.9 Å². The normalized spacial score (nSPS) is 8.64. The first kappa shape index (κ1) is 13.8. The van der Waals surface area contributed by atoms with Crippen LogP contribution in [0.5, 0.6) is 5.75 Å². The number of aromatic carboxylic acids is 1. The summed E-state index contributed by atoms with van der Waals surface area (Å²) >= 11 is 0. The SMILES string of the molecule is CC(=O)Oc1ccccc1C(=O)O.[H-].[K+]. The van der Waals surface area contributed by atoms with Crippen LogP contribution in [0, 0.1) is 0 Å². The van der Waals surface area contributed by atoms with Crippen molar-refractivity contribution in [3.63, 3.8) is 0 Å². The van der Waals surface area contributed by atoms with Gasteiger partial charge in [-0.1, -0.05) is 12.1 Å². The zero-order chi connectivity index (χ0) is 9.84. The average molecular weight is 220 g/mol. The van der Waals surface area contributed by atoms with E-state index >= 15 is 0 Å². The van der Waals surface area contributed by atoms with E-state index in [0.717, 1.165) is 0 Å². The first-order chi connectivity index (χ1) is 6.11. The van der Waals surface area contributed by atoms with Gasteiger partial charge in [-0.25, -0.2) is 4.79 Å². The zero-order valence-electron chi connectivity index (χ0n) is 8.98. The van der Waals surface area contributed by atoms with Crippen LogP contribution in [0.15, 0.2) is 24.3 Å². The number of hydrogen-bond donors (Lipinski definition) is 1. The van der Waals surface area contributed by atoms with Gasteiger partial charge in [0.2, 0.25) is 0 Å². The molecule has 0 aliphatic heterocycles. The van der Waals surface area contributed by atoms with Gasteiger partial charge in [0.05, 0.1) is 0 Å². The fourth-order valence-electron chi connectivity index (χ4n) is 0.887. The van der Waals surface area contributed by atoms with E-state index in [2.05, 4.69) is 4.74 Å². The predicted molar refractivity (Wildman–Crippen MR) is 45.8 cm³/mol. The Bertz CT molecular complexity index is 354. The second-order valence-electron chi connectivity index (χ2n) is 2.39. The summed E-state index contributed by atoms with van der Waals surface area (Å²) in [6, 6.07) is 5.98. The quantitative estimate of drug-likeness (QED) is 0.371. The van der Waals surface area contributed by atoms with Crippen LogP contribution in [0.1, 0.15) is 18.7 Å². The Morgan fingerprint density at radius 3 is 2.43 bits per heavy atom. The van der Waals surface area contributed by atoms with E-state index in [9.17, 15) is 9.59 Å². The maximum atomic E-state index is 10.6. The number of benzene rings is 1. The Morgan fingerprint density at radius 2 is 1.93 bits per heavy atom. The topological polar surface area (TPSA) is 63.6 Å². The van der Waals surface area contributed by atoms with Gasteiger partial charge in [0.1, 0.15) is 11.3 Å². The molecule has 5 heteroatoms. The number of carboxylic acid groups (broad SMARTS) is 1. The summed E-state index contributed by atoms with van der Waals surface area (Å²) < 4.78 is 4.69. The summed E-state index contributed by atoms with van der Waals surface area (Å²) in [7, 11) is 0.